The van der Waals surface area contributed by atoms with Crippen LogP contribution in [0.5, 0.6) is 5.75 Å². The van der Waals surface area contributed by atoms with E-state index in [1.54, 1.807) is 66.7 Å². The third-order valence-electron chi connectivity index (χ3n) is 5.12. The number of urea groups is 1. The molecule has 164 valence electrons. The minimum Gasteiger partial charge on any atom is -0.423 e. The second-order valence-electron chi connectivity index (χ2n) is 7.30. The maximum absolute atomic E-state index is 13.0. The Labute approximate surface area is 190 Å². The van der Waals surface area contributed by atoms with Crippen LogP contribution in [0.4, 0.5) is 10.5 Å². The summed E-state index contributed by atoms with van der Waals surface area (Å²) >= 11 is 0. The summed E-state index contributed by atoms with van der Waals surface area (Å²) in [7, 11) is 0. The molecule has 1 aliphatic rings. The van der Waals surface area contributed by atoms with Crippen LogP contribution in [0.25, 0.3) is 6.08 Å². The second-order valence-corrected chi connectivity index (χ2v) is 7.30. The average molecular weight is 440 g/mol. The molecule has 4 rings (SSSR count). The van der Waals surface area contributed by atoms with Gasteiger partial charge in [0.05, 0.1) is 11.3 Å². The fourth-order valence-corrected chi connectivity index (χ4v) is 3.31. The van der Waals surface area contributed by atoms with Gasteiger partial charge in [0.1, 0.15) is 11.3 Å². The first-order valence-electron chi connectivity index (χ1n) is 10.3. The van der Waals surface area contributed by atoms with E-state index >= 15 is 0 Å². The van der Waals surface area contributed by atoms with Crippen LogP contribution >= 0.6 is 0 Å². The van der Waals surface area contributed by atoms with Gasteiger partial charge < -0.3 is 4.74 Å². The quantitative estimate of drug-likeness (QED) is 0.279. The zero-order valence-electron chi connectivity index (χ0n) is 17.8. The number of amides is 4. The number of carbonyl (C=O) groups excluding carboxylic acids is 4. The van der Waals surface area contributed by atoms with Crippen LogP contribution in [0.15, 0.2) is 84.4 Å². The molecule has 1 N–H and O–H groups in total. The maximum Gasteiger partial charge on any atom is 0.343 e. The van der Waals surface area contributed by atoms with Crippen LogP contribution in [0.2, 0.25) is 0 Å². The van der Waals surface area contributed by atoms with Crippen molar-refractivity contribution in [2.45, 2.75) is 13.3 Å². The molecule has 0 unspecified atom stereocenters. The Morgan fingerprint density at radius 1 is 0.909 bits per heavy atom. The first-order chi connectivity index (χ1) is 16.0. The lowest BCUT2D eigenvalue weighted by Gasteiger charge is -2.26. The number of benzene rings is 3. The van der Waals surface area contributed by atoms with Gasteiger partial charge in [-0.25, -0.2) is 14.5 Å². The van der Waals surface area contributed by atoms with E-state index in [4.69, 9.17) is 4.74 Å². The molecule has 3 aromatic carbocycles. The standard InChI is InChI=1S/C26H20N2O5/c1-2-17-8-12-20(13-9-17)28-24(30)22(23(29)27-26(28)32)16-18-10-14-21(15-11-18)33-25(31)19-6-4-3-5-7-19/h3-16H,2H2,1H3,(H,27,29,32). The second kappa shape index (κ2) is 9.32. The van der Waals surface area contributed by atoms with Crippen molar-refractivity contribution in [3.63, 3.8) is 0 Å². The van der Waals surface area contributed by atoms with E-state index in [1.165, 1.54) is 6.08 Å². The van der Waals surface area contributed by atoms with Crippen molar-refractivity contribution in [2.75, 3.05) is 4.90 Å². The van der Waals surface area contributed by atoms with Crippen LogP contribution in [0, 0.1) is 0 Å². The molecule has 0 bridgehead atoms. The number of esters is 1. The molecule has 4 amide bonds. The number of ether oxygens (including phenoxy) is 1. The smallest absolute Gasteiger partial charge is 0.343 e. The fourth-order valence-electron chi connectivity index (χ4n) is 3.31. The van der Waals surface area contributed by atoms with Gasteiger partial charge in [0, 0.05) is 0 Å². The largest absolute Gasteiger partial charge is 0.423 e. The molecule has 1 heterocycles. The Morgan fingerprint density at radius 2 is 1.58 bits per heavy atom. The van der Waals surface area contributed by atoms with Gasteiger partial charge in [-0.2, -0.15) is 0 Å². The number of nitrogens with one attached hydrogen (secondary N) is 1. The Balaban J connectivity index is 1.54. The minimum atomic E-state index is -0.797. The molecule has 1 saturated heterocycles. The summed E-state index contributed by atoms with van der Waals surface area (Å²) < 4.78 is 5.34. The lowest BCUT2D eigenvalue weighted by atomic mass is 10.1. The maximum atomic E-state index is 13.0. The van der Waals surface area contributed by atoms with Crippen molar-refractivity contribution in [1.82, 2.24) is 5.32 Å². The lowest BCUT2D eigenvalue weighted by Crippen LogP contribution is -2.54. The first kappa shape index (κ1) is 21.7. The number of imide groups is 2. The van der Waals surface area contributed by atoms with Crippen LogP contribution in [-0.2, 0) is 16.0 Å². The molecule has 3 aromatic rings. The molecule has 0 spiro atoms. The summed E-state index contributed by atoms with van der Waals surface area (Å²) in [6.07, 6.45) is 2.21. The predicted octanol–water partition coefficient (Wildman–Crippen LogP) is 4.13. The minimum absolute atomic E-state index is 0.178. The number of anilines is 1. The molecule has 0 radical (unpaired) electrons. The summed E-state index contributed by atoms with van der Waals surface area (Å²) in [5.74, 6) is -1.66. The molecule has 33 heavy (non-hydrogen) atoms. The van der Waals surface area contributed by atoms with Gasteiger partial charge in [-0.3, -0.25) is 14.9 Å². The Morgan fingerprint density at radius 3 is 2.21 bits per heavy atom. The molecule has 7 heteroatoms. The van der Waals surface area contributed by atoms with E-state index in [1.807, 2.05) is 19.1 Å². The van der Waals surface area contributed by atoms with Crippen molar-refractivity contribution in [3.05, 3.63) is 101 Å². The Hall–Kier alpha value is -4.52. The number of aryl methyl sites for hydroxylation is 1. The van der Waals surface area contributed by atoms with Crippen molar-refractivity contribution < 1.29 is 23.9 Å². The van der Waals surface area contributed by atoms with E-state index in [2.05, 4.69) is 5.32 Å². The van der Waals surface area contributed by atoms with E-state index in [0.29, 0.717) is 22.6 Å². The van der Waals surface area contributed by atoms with Crippen LogP contribution in [0.3, 0.4) is 0 Å². The highest BCUT2D eigenvalue weighted by Crippen LogP contribution is 2.23. The average Bonchev–Trinajstić information content (AvgIpc) is 2.83. The molecule has 0 atom stereocenters. The lowest BCUT2D eigenvalue weighted by molar-refractivity contribution is -0.122. The van der Waals surface area contributed by atoms with Crippen LogP contribution < -0.4 is 15.0 Å². The molecule has 1 aliphatic heterocycles. The summed E-state index contributed by atoms with van der Waals surface area (Å²) in [6.45, 7) is 2.00. The highest BCUT2D eigenvalue weighted by molar-refractivity contribution is 6.39. The summed E-state index contributed by atoms with van der Waals surface area (Å²) in [5.41, 5.74) is 2.21. The normalized spacial score (nSPS) is 14.9. The van der Waals surface area contributed by atoms with Crippen molar-refractivity contribution in [3.8, 4) is 5.75 Å². The van der Waals surface area contributed by atoms with E-state index < -0.39 is 23.8 Å². The number of barbiturate groups is 1. The molecular weight excluding hydrogens is 420 g/mol. The van der Waals surface area contributed by atoms with Crippen molar-refractivity contribution >= 4 is 35.6 Å². The van der Waals surface area contributed by atoms with Crippen molar-refractivity contribution in [2.24, 2.45) is 0 Å². The number of hydrogen-bond donors (Lipinski definition) is 1. The summed E-state index contributed by atoms with van der Waals surface area (Å²) in [4.78, 5) is 50.8. The zero-order chi connectivity index (χ0) is 23.4. The van der Waals surface area contributed by atoms with E-state index in [9.17, 15) is 19.2 Å². The zero-order valence-corrected chi connectivity index (χ0v) is 17.8. The Kier molecular flexibility index (Phi) is 6.13. The van der Waals surface area contributed by atoms with Gasteiger partial charge >= 0.3 is 12.0 Å². The number of hydrogen-bond acceptors (Lipinski definition) is 5. The molecular formula is C26H20N2O5. The van der Waals surface area contributed by atoms with Gasteiger partial charge in [0.15, 0.2) is 0 Å². The van der Waals surface area contributed by atoms with Gasteiger partial charge in [0.25, 0.3) is 11.8 Å². The topological polar surface area (TPSA) is 92.8 Å². The molecule has 0 saturated carbocycles. The van der Waals surface area contributed by atoms with E-state index in [-0.39, 0.29) is 5.57 Å². The third-order valence-corrected chi connectivity index (χ3v) is 5.12. The first-order valence-corrected chi connectivity index (χ1v) is 10.3. The highest BCUT2D eigenvalue weighted by Gasteiger charge is 2.36. The Bertz CT molecular complexity index is 1250. The molecule has 0 aromatic heterocycles. The number of rotatable bonds is 5. The number of carbonyl (C=O) groups is 4. The molecule has 0 aliphatic carbocycles. The fraction of sp³-hybridized carbons (Fsp3) is 0.0769. The van der Waals surface area contributed by atoms with Gasteiger partial charge in [-0.1, -0.05) is 49.4 Å². The monoisotopic (exact) mass is 440 g/mol. The van der Waals surface area contributed by atoms with E-state index in [0.717, 1.165) is 16.9 Å². The third kappa shape index (κ3) is 4.72. The van der Waals surface area contributed by atoms with Crippen LogP contribution in [-0.4, -0.2) is 23.8 Å². The highest BCUT2D eigenvalue weighted by atomic mass is 16.5. The molecule has 7 nitrogen and oxygen atoms in total. The van der Waals surface area contributed by atoms with Gasteiger partial charge in [-0.05, 0) is 60.0 Å². The van der Waals surface area contributed by atoms with Gasteiger partial charge in [-0.15, -0.1) is 0 Å². The predicted molar refractivity (Wildman–Crippen MR) is 123 cm³/mol. The molecule has 1 fully saturated rings. The number of nitrogens with zero attached hydrogens (tertiary/aromatic N) is 1. The summed E-state index contributed by atoms with van der Waals surface area (Å²) in [6, 6.07) is 21.1. The van der Waals surface area contributed by atoms with Crippen LogP contribution in [0.1, 0.15) is 28.4 Å². The van der Waals surface area contributed by atoms with Gasteiger partial charge in [0.2, 0.25) is 0 Å². The summed E-state index contributed by atoms with van der Waals surface area (Å²) in [5, 5.41) is 2.20. The SMILES string of the molecule is CCc1ccc(N2C(=O)NC(=O)C(=Cc3ccc(OC(=O)c4ccccc4)cc3)C2=O)cc1. The van der Waals surface area contributed by atoms with Crippen molar-refractivity contribution in [1.29, 1.82) is 0 Å².